The van der Waals surface area contributed by atoms with Gasteiger partial charge in [-0.1, -0.05) is 12.1 Å². The Labute approximate surface area is 173 Å². The third-order valence-corrected chi connectivity index (χ3v) is 5.58. The minimum absolute atomic E-state index is 0.0450. The molecule has 0 radical (unpaired) electrons. The summed E-state index contributed by atoms with van der Waals surface area (Å²) in [5.41, 5.74) is 2.85. The van der Waals surface area contributed by atoms with Crippen molar-refractivity contribution in [3.05, 3.63) is 52.7 Å². The number of alkyl halides is 2. The van der Waals surface area contributed by atoms with Crippen molar-refractivity contribution in [3.8, 4) is 5.75 Å². The van der Waals surface area contributed by atoms with E-state index < -0.39 is 13.0 Å². The van der Waals surface area contributed by atoms with Crippen molar-refractivity contribution in [1.82, 2.24) is 9.88 Å². The van der Waals surface area contributed by atoms with Crippen LogP contribution in [0.1, 0.15) is 52.9 Å². The summed E-state index contributed by atoms with van der Waals surface area (Å²) in [6.45, 7) is 3.38. The second kappa shape index (κ2) is 8.01. The zero-order valence-electron chi connectivity index (χ0n) is 16.8. The van der Waals surface area contributed by atoms with Crippen LogP contribution in [0.2, 0.25) is 0 Å². The first kappa shape index (κ1) is 20.3. The van der Waals surface area contributed by atoms with Crippen molar-refractivity contribution < 1.29 is 23.1 Å². The quantitative estimate of drug-likeness (QED) is 0.739. The smallest absolute Gasteiger partial charge is 0.272 e. The van der Waals surface area contributed by atoms with Gasteiger partial charge in [0.15, 0.2) is 0 Å². The van der Waals surface area contributed by atoms with Crippen LogP contribution in [0, 0.1) is 12.8 Å². The number of pyridine rings is 1. The molecule has 0 bridgehead atoms. The number of aromatic nitrogens is 1. The Balaban J connectivity index is 1.52. The van der Waals surface area contributed by atoms with Crippen LogP contribution in [-0.2, 0) is 11.3 Å². The highest BCUT2D eigenvalue weighted by atomic mass is 19.3. The first-order valence-electron chi connectivity index (χ1n) is 9.96. The number of fused-ring (bicyclic) bond motifs is 1. The predicted molar refractivity (Wildman–Crippen MR) is 107 cm³/mol. The van der Waals surface area contributed by atoms with E-state index in [2.05, 4.69) is 10.3 Å². The van der Waals surface area contributed by atoms with Gasteiger partial charge in [-0.15, -0.1) is 0 Å². The van der Waals surface area contributed by atoms with Crippen molar-refractivity contribution in [2.75, 3.05) is 11.9 Å². The van der Waals surface area contributed by atoms with Gasteiger partial charge in [0, 0.05) is 23.2 Å². The summed E-state index contributed by atoms with van der Waals surface area (Å²) in [5, 5.41) is 2.86. The topological polar surface area (TPSA) is 71.5 Å². The Morgan fingerprint density at radius 3 is 2.77 bits per heavy atom. The van der Waals surface area contributed by atoms with E-state index in [9.17, 15) is 18.4 Å². The summed E-state index contributed by atoms with van der Waals surface area (Å²) in [5.74, 6) is 0.710. The fraction of sp³-hybridized carbons (Fsp3) is 0.409. The van der Waals surface area contributed by atoms with Crippen LogP contribution in [0.15, 0.2) is 30.5 Å². The lowest BCUT2D eigenvalue weighted by molar-refractivity contribution is -0.117. The molecule has 2 heterocycles. The lowest BCUT2D eigenvalue weighted by Crippen LogP contribution is -2.27. The number of anilines is 1. The fourth-order valence-corrected chi connectivity index (χ4v) is 3.66. The maximum Gasteiger partial charge on any atom is 0.272 e. The summed E-state index contributed by atoms with van der Waals surface area (Å²) in [6.07, 6.45) is 0.776. The van der Waals surface area contributed by atoms with Crippen molar-refractivity contribution in [2.24, 2.45) is 5.92 Å². The molecule has 2 aliphatic rings. The molecule has 1 aliphatic heterocycles. The number of halogens is 2. The molecule has 1 unspecified atom stereocenters. The Morgan fingerprint density at radius 2 is 2.10 bits per heavy atom. The molecule has 30 heavy (non-hydrogen) atoms. The molecule has 2 aromatic rings. The largest absolute Gasteiger partial charge is 0.487 e. The van der Waals surface area contributed by atoms with Crippen LogP contribution < -0.4 is 10.1 Å². The van der Waals surface area contributed by atoms with E-state index in [1.807, 2.05) is 13.0 Å². The number of hydrogen-bond acceptors (Lipinski definition) is 4. The summed E-state index contributed by atoms with van der Waals surface area (Å²) >= 11 is 0. The first-order chi connectivity index (χ1) is 14.3. The van der Waals surface area contributed by atoms with Crippen LogP contribution in [0.3, 0.4) is 0 Å². The van der Waals surface area contributed by atoms with Crippen LogP contribution >= 0.6 is 0 Å². The minimum Gasteiger partial charge on any atom is -0.487 e. The molecule has 1 atom stereocenters. The zero-order chi connectivity index (χ0) is 21.4. The van der Waals surface area contributed by atoms with E-state index in [1.165, 1.54) is 6.20 Å². The second-order valence-corrected chi connectivity index (χ2v) is 7.79. The Bertz CT molecular complexity index is 992. The van der Waals surface area contributed by atoms with Gasteiger partial charge in [-0.25, -0.2) is 13.8 Å². The van der Waals surface area contributed by atoms with Crippen molar-refractivity contribution in [2.45, 2.75) is 45.7 Å². The number of carbonyl (C=O) groups is 2. The highest BCUT2D eigenvalue weighted by molar-refractivity contribution is 6.02. The maximum absolute atomic E-state index is 13.0. The van der Waals surface area contributed by atoms with E-state index in [0.29, 0.717) is 23.7 Å². The van der Waals surface area contributed by atoms with Crippen LogP contribution in [0.5, 0.6) is 5.75 Å². The van der Waals surface area contributed by atoms with Gasteiger partial charge in [0.1, 0.15) is 18.2 Å². The summed E-state index contributed by atoms with van der Waals surface area (Å²) < 4.78 is 29.9. The molecule has 1 saturated carbocycles. The molecule has 2 amide bonds. The molecule has 0 spiro atoms. The molecule has 4 rings (SSSR count). The average molecular weight is 415 g/mol. The van der Waals surface area contributed by atoms with Gasteiger partial charge in [0.05, 0.1) is 12.6 Å². The number of hydrogen-bond donors (Lipinski definition) is 1. The maximum atomic E-state index is 13.0. The van der Waals surface area contributed by atoms with E-state index in [4.69, 9.17) is 4.74 Å². The molecule has 1 aromatic carbocycles. The Morgan fingerprint density at radius 1 is 1.33 bits per heavy atom. The van der Waals surface area contributed by atoms with Gasteiger partial charge in [0.25, 0.3) is 12.3 Å². The number of nitrogens with one attached hydrogen (secondary N) is 1. The van der Waals surface area contributed by atoms with Gasteiger partial charge in [-0.05, 0) is 49.9 Å². The van der Waals surface area contributed by atoms with Gasteiger partial charge >= 0.3 is 0 Å². The molecule has 0 saturated heterocycles. The average Bonchev–Trinajstić information content (AvgIpc) is 3.51. The number of benzene rings is 1. The number of aryl methyl sites for hydroxylation is 1. The second-order valence-electron chi connectivity index (χ2n) is 7.79. The molecule has 8 heteroatoms. The molecule has 6 nitrogen and oxygen atoms in total. The Kier molecular flexibility index (Phi) is 5.40. The number of carbonyl (C=O) groups excluding carboxylic acids is 2. The molecule has 1 N–H and O–H groups in total. The van der Waals surface area contributed by atoms with Crippen molar-refractivity contribution in [3.63, 3.8) is 0 Å². The third-order valence-electron chi connectivity index (χ3n) is 5.58. The molecular formula is C22H23F2N3O3. The number of amides is 2. The van der Waals surface area contributed by atoms with Gasteiger partial charge in [-0.2, -0.15) is 0 Å². The lowest BCUT2D eigenvalue weighted by atomic mass is 10.0. The highest BCUT2D eigenvalue weighted by Crippen LogP contribution is 2.36. The standard InChI is InChI=1S/C22H23F2N3O3/c1-12-9-15(5-6-18(12)30-11-19(23)24)13(2)27-10-17-16(22(27)29)7-8-25-20(17)26-21(28)14-3-4-14/h5-9,13-14,19H,3-4,10-11H2,1-2H3,(H,25,26,28). The van der Waals surface area contributed by atoms with Crippen LogP contribution in [-0.4, -0.2) is 34.7 Å². The van der Waals surface area contributed by atoms with Gasteiger partial charge < -0.3 is 15.0 Å². The van der Waals surface area contributed by atoms with Gasteiger partial charge in [0.2, 0.25) is 5.91 Å². The van der Waals surface area contributed by atoms with Crippen LogP contribution in [0.4, 0.5) is 14.6 Å². The number of rotatable bonds is 7. The van der Waals surface area contributed by atoms with E-state index in [1.54, 1.807) is 30.0 Å². The fourth-order valence-electron chi connectivity index (χ4n) is 3.66. The highest BCUT2D eigenvalue weighted by Gasteiger charge is 2.35. The van der Waals surface area contributed by atoms with Crippen molar-refractivity contribution >= 4 is 17.6 Å². The third kappa shape index (κ3) is 3.99. The summed E-state index contributed by atoms with van der Waals surface area (Å²) in [7, 11) is 0. The van der Waals surface area contributed by atoms with Gasteiger partial charge in [-0.3, -0.25) is 9.59 Å². The molecule has 1 aliphatic carbocycles. The monoisotopic (exact) mass is 415 g/mol. The summed E-state index contributed by atoms with van der Waals surface area (Å²) in [4.78, 5) is 31.1. The number of ether oxygens (including phenoxy) is 1. The number of nitrogens with zero attached hydrogens (tertiary/aromatic N) is 2. The van der Waals surface area contributed by atoms with E-state index in [-0.39, 0.29) is 23.8 Å². The van der Waals surface area contributed by atoms with Crippen molar-refractivity contribution in [1.29, 1.82) is 0 Å². The van der Waals surface area contributed by atoms with E-state index >= 15 is 0 Å². The minimum atomic E-state index is -2.54. The predicted octanol–water partition coefficient (Wildman–Crippen LogP) is 4.10. The lowest BCUT2D eigenvalue weighted by Gasteiger charge is -2.25. The molecule has 158 valence electrons. The SMILES string of the molecule is Cc1cc(C(C)N2Cc3c(ccnc3NC(=O)C3CC3)C2=O)ccc1OCC(F)F. The zero-order valence-corrected chi connectivity index (χ0v) is 16.8. The summed E-state index contributed by atoms with van der Waals surface area (Å²) in [6, 6.07) is 6.70. The van der Waals surface area contributed by atoms with Crippen LogP contribution in [0.25, 0.3) is 0 Å². The molecular weight excluding hydrogens is 392 g/mol. The Hall–Kier alpha value is -3.03. The first-order valence-corrected chi connectivity index (χ1v) is 9.96. The van der Waals surface area contributed by atoms with E-state index in [0.717, 1.165) is 29.5 Å². The molecule has 1 aromatic heterocycles. The molecule has 1 fully saturated rings. The normalized spacial score (nSPS) is 16.6.